The predicted molar refractivity (Wildman–Crippen MR) is 103 cm³/mol. The van der Waals surface area contributed by atoms with Gasteiger partial charge in [0.2, 0.25) is 6.79 Å². The minimum atomic E-state index is -3.80. The molecule has 10 heteroatoms. The van der Waals surface area contributed by atoms with Crippen molar-refractivity contribution in [3.63, 3.8) is 0 Å². The second kappa shape index (κ2) is 6.95. The standard InChI is InChI=1S/C18H16N2O6S2/c1-20-13-7-14-15(26-10-25-14)8-16(13)27-18(20)19-17(21)9-28(22,23)12-5-3-11(24-2)4-6-12/h3-8H,9-10H2,1-2H3. The van der Waals surface area contributed by atoms with E-state index in [1.807, 2.05) is 12.1 Å². The number of aryl methyl sites for hydroxylation is 1. The number of nitrogens with zero attached hydrogens (tertiary/aromatic N) is 2. The Morgan fingerprint density at radius 1 is 1.21 bits per heavy atom. The van der Waals surface area contributed by atoms with Crippen molar-refractivity contribution in [3.05, 3.63) is 41.2 Å². The van der Waals surface area contributed by atoms with Gasteiger partial charge in [0, 0.05) is 19.2 Å². The summed E-state index contributed by atoms with van der Waals surface area (Å²) in [6.45, 7) is 0.176. The Hall–Kier alpha value is -2.85. The Balaban J connectivity index is 1.63. The van der Waals surface area contributed by atoms with Gasteiger partial charge in [-0.05, 0) is 24.3 Å². The molecule has 0 saturated carbocycles. The molecule has 0 spiro atoms. The number of ether oxygens (including phenoxy) is 3. The number of fused-ring (bicyclic) bond motifs is 2. The summed E-state index contributed by atoms with van der Waals surface area (Å²) in [5, 5.41) is 0. The van der Waals surface area contributed by atoms with Gasteiger partial charge in [0.25, 0.3) is 5.91 Å². The van der Waals surface area contributed by atoms with Crippen molar-refractivity contribution in [3.8, 4) is 17.2 Å². The van der Waals surface area contributed by atoms with Crippen LogP contribution in [-0.4, -0.2) is 38.5 Å². The van der Waals surface area contributed by atoms with Gasteiger partial charge in [-0.3, -0.25) is 4.79 Å². The molecule has 0 unspecified atom stereocenters. The van der Waals surface area contributed by atoms with Crippen LogP contribution in [-0.2, 0) is 21.7 Å². The summed E-state index contributed by atoms with van der Waals surface area (Å²) < 4.78 is 43.3. The summed E-state index contributed by atoms with van der Waals surface area (Å²) in [5.74, 6) is 0.344. The molecule has 2 aromatic carbocycles. The van der Waals surface area contributed by atoms with Crippen LogP contribution in [0, 0.1) is 0 Å². The average molecular weight is 420 g/mol. The zero-order valence-corrected chi connectivity index (χ0v) is 16.7. The monoisotopic (exact) mass is 420 g/mol. The molecule has 0 atom stereocenters. The minimum Gasteiger partial charge on any atom is -0.497 e. The second-order valence-corrected chi connectivity index (χ2v) is 9.06. The molecular weight excluding hydrogens is 404 g/mol. The molecule has 4 rings (SSSR count). The number of hydrogen-bond donors (Lipinski definition) is 0. The molecule has 1 aliphatic rings. The summed E-state index contributed by atoms with van der Waals surface area (Å²) in [6.07, 6.45) is 0. The molecule has 0 radical (unpaired) electrons. The number of aromatic nitrogens is 1. The van der Waals surface area contributed by atoms with Gasteiger partial charge in [0.15, 0.2) is 26.1 Å². The number of sulfone groups is 1. The molecule has 0 aliphatic carbocycles. The maximum Gasteiger partial charge on any atom is 0.263 e. The van der Waals surface area contributed by atoms with Crippen LogP contribution in [0.5, 0.6) is 17.2 Å². The lowest BCUT2D eigenvalue weighted by Gasteiger charge is -2.03. The zero-order chi connectivity index (χ0) is 19.9. The molecule has 0 saturated heterocycles. The smallest absolute Gasteiger partial charge is 0.263 e. The molecule has 3 aromatic rings. The molecule has 28 heavy (non-hydrogen) atoms. The topological polar surface area (TPSA) is 96.2 Å². The fourth-order valence-electron chi connectivity index (χ4n) is 2.79. The maximum atomic E-state index is 12.5. The molecule has 8 nitrogen and oxygen atoms in total. The van der Waals surface area contributed by atoms with Crippen molar-refractivity contribution in [2.75, 3.05) is 19.7 Å². The highest BCUT2D eigenvalue weighted by Gasteiger charge is 2.20. The molecule has 1 aliphatic heterocycles. The van der Waals surface area contributed by atoms with E-state index >= 15 is 0 Å². The molecule has 0 bridgehead atoms. The van der Waals surface area contributed by atoms with Crippen LogP contribution in [0.15, 0.2) is 46.3 Å². The number of benzene rings is 2. The summed E-state index contributed by atoms with van der Waals surface area (Å²) in [6, 6.07) is 9.50. The van der Waals surface area contributed by atoms with Gasteiger partial charge in [-0.1, -0.05) is 11.3 Å². The van der Waals surface area contributed by atoms with E-state index in [0.717, 1.165) is 10.2 Å². The molecule has 0 N–H and O–H groups in total. The van der Waals surface area contributed by atoms with E-state index in [4.69, 9.17) is 14.2 Å². The fourth-order valence-corrected chi connectivity index (χ4v) is 4.94. The van der Waals surface area contributed by atoms with Gasteiger partial charge in [-0.25, -0.2) is 8.42 Å². The Kier molecular flexibility index (Phi) is 4.60. The van der Waals surface area contributed by atoms with Crippen LogP contribution in [0.1, 0.15) is 0 Å². The first kappa shape index (κ1) is 18.5. The summed E-state index contributed by atoms with van der Waals surface area (Å²) in [5.41, 5.74) is 0.818. The van der Waals surface area contributed by atoms with Crippen LogP contribution in [0.2, 0.25) is 0 Å². The van der Waals surface area contributed by atoms with Gasteiger partial charge in [0.05, 0.1) is 22.2 Å². The summed E-state index contributed by atoms with van der Waals surface area (Å²) in [4.78, 5) is 16.8. The number of hydrogen-bond acceptors (Lipinski definition) is 7. The lowest BCUT2D eigenvalue weighted by Crippen LogP contribution is -2.19. The van der Waals surface area contributed by atoms with Crippen molar-refractivity contribution in [1.29, 1.82) is 0 Å². The molecule has 0 fully saturated rings. The largest absolute Gasteiger partial charge is 0.497 e. The molecule has 2 heterocycles. The van der Waals surface area contributed by atoms with Crippen LogP contribution in [0.4, 0.5) is 0 Å². The van der Waals surface area contributed by atoms with Crippen molar-refractivity contribution >= 4 is 37.3 Å². The van der Waals surface area contributed by atoms with Gasteiger partial charge in [-0.15, -0.1) is 0 Å². The Labute approximate surface area is 164 Å². The first-order valence-electron chi connectivity index (χ1n) is 8.21. The Morgan fingerprint density at radius 3 is 2.57 bits per heavy atom. The average Bonchev–Trinajstić information content (AvgIpc) is 3.24. The van der Waals surface area contributed by atoms with Crippen LogP contribution < -0.4 is 19.0 Å². The van der Waals surface area contributed by atoms with E-state index in [-0.39, 0.29) is 11.7 Å². The summed E-state index contributed by atoms with van der Waals surface area (Å²) >= 11 is 1.27. The van der Waals surface area contributed by atoms with E-state index < -0.39 is 21.5 Å². The zero-order valence-electron chi connectivity index (χ0n) is 15.0. The van der Waals surface area contributed by atoms with E-state index in [2.05, 4.69) is 4.99 Å². The highest BCUT2D eigenvalue weighted by atomic mass is 32.2. The third-order valence-electron chi connectivity index (χ3n) is 4.26. The van der Waals surface area contributed by atoms with Crippen LogP contribution >= 0.6 is 11.3 Å². The fraction of sp³-hybridized carbons (Fsp3) is 0.222. The van der Waals surface area contributed by atoms with Crippen LogP contribution in [0.25, 0.3) is 10.2 Å². The van der Waals surface area contributed by atoms with Crippen LogP contribution in [0.3, 0.4) is 0 Å². The number of rotatable bonds is 4. The third-order valence-corrected chi connectivity index (χ3v) is 6.97. The van der Waals surface area contributed by atoms with E-state index in [1.165, 1.54) is 42.7 Å². The third kappa shape index (κ3) is 3.36. The highest BCUT2D eigenvalue weighted by molar-refractivity contribution is 7.92. The first-order valence-corrected chi connectivity index (χ1v) is 10.7. The van der Waals surface area contributed by atoms with Crippen molar-refractivity contribution in [2.24, 2.45) is 12.0 Å². The quantitative estimate of drug-likeness (QED) is 0.639. The number of methoxy groups -OCH3 is 1. The second-order valence-electron chi connectivity index (χ2n) is 6.06. The van der Waals surface area contributed by atoms with Gasteiger partial charge < -0.3 is 18.8 Å². The molecule has 146 valence electrons. The number of thiazole rings is 1. The van der Waals surface area contributed by atoms with Gasteiger partial charge in [-0.2, -0.15) is 4.99 Å². The normalized spacial score (nSPS) is 13.9. The summed E-state index contributed by atoms with van der Waals surface area (Å²) in [7, 11) is -0.554. The van der Waals surface area contributed by atoms with Crippen molar-refractivity contribution in [2.45, 2.75) is 4.90 Å². The predicted octanol–water partition coefficient (Wildman–Crippen LogP) is 1.88. The first-order chi connectivity index (χ1) is 13.4. The SMILES string of the molecule is COc1ccc(S(=O)(=O)CC(=O)N=c2sc3cc4c(cc3n2C)OCO4)cc1. The van der Waals surface area contributed by atoms with E-state index in [9.17, 15) is 13.2 Å². The maximum absolute atomic E-state index is 12.5. The van der Waals surface area contributed by atoms with Gasteiger partial charge in [0.1, 0.15) is 11.5 Å². The molecular formula is C18H16N2O6S2. The lowest BCUT2D eigenvalue weighted by atomic mass is 10.3. The number of carbonyl (C=O) groups excluding carboxylic acids is 1. The van der Waals surface area contributed by atoms with Gasteiger partial charge >= 0.3 is 0 Å². The highest BCUT2D eigenvalue weighted by Crippen LogP contribution is 2.36. The van der Waals surface area contributed by atoms with Crippen molar-refractivity contribution in [1.82, 2.24) is 4.57 Å². The lowest BCUT2D eigenvalue weighted by molar-refractivity contribution is -0.115. The number of amides is 1. The Bertz CT molecular complexity index is 1240. The molecule has 1 amide bonds. The Morgan fingerprint density at radius 2 is 1.89 bits per heavy atom. The minimum absolute atomic E-state index is 0.0447. The molecule has 1 aromatic heterocycles. The van der Waals surface area contributed by atoms with E-state index in [0.29, 0.717) is 22.0 Å². The van der Waals surface area contributed by atoms with Crippen molar-refractivity contribution < 1.29 is 27.4 Å². The van der Waals surface area contributed by atoms with E-state index in [1.54, 1.807) is 11.6 Å². The number of carbonyl (C=O) groups is 1.